The fourth-order valence-corrected chi connectivity index (χ4v) is 2.78. The van der Waals surface area contributed by atoms with Gasteiger partial charge in [-0.3, -0.25) is 0 Å². The van der Waals surface area contributed by atoms with E-state index in [-0.39, 0.29) is 5.92 Å². The van der Waals surface area contributed by atoms with Gasteiger partial charge >= 0.3 is 0 Å². The molecular weight excluding hydrogens is 297 g/mol. The molecule has 20 heavy (non-hydrogen) atoms. The summed E-state index contributed by atoms with van der Waals surface area (Å²) in [4.78, 5) is 4.47. The summed E-state index contributed by atoms with van der Waals surface area (Å²) in [5.74, 6) is 2.16. The van der Waals surface area contributed by atoms with Crippen LogP contribution in [0.3, 0.4) is 0 Å². The lowest BCUT2D eigenvalue weighted by Crippen LogP contribution is -2.44. The maximum absolute atomic E-state index is 6.15. The smallest absolute Gasteiger partial charge is 0.229 e. The van der Waals surface area contributed by atoms with Crippen molar-refractivity contribution < 1.29 is 4.52 Å². The summed E-state index contributed by atoms with van der Waals surface area (Å²) in [5, 5.41) is 8.53. The van der Waals surface area contributed by atoms with Gasteiger partial charge in [-0.25, -0.2) is 0 Å². The molecule has 1 aliphatic heterocycles. The molecule has 1 N–H and O–H groups in total. The van der Waals surface area contributed by atoms with Crippen molar-refractivity contribution in [3.63, 3.8) is 0 Å². The van der Waals surface area contributed by atoms with Crippen LogP contribution < -0.4 is 5.32 Å². The summed E-state index contributed by atoms with van der Waals surface area (Å²) < 4.78 is 5.36. The van der Waals surface area contributed by atoms with Gasteiger partial charge in [0.1, 0.15) is 0 Å². The van der Waals surface area contributed by atoms with Gasteiger partial charge < -0.3 is 9.84 Å². The van der Waals surface area contributed by atoms with Crippen molar-refractivity contribution in [1.82, 2.24) is 15.5 Å². The third kappa shape index (κ3) is 2.68. The molecular formula is C14H15Cl2N3O. The topological polar surface area (TPSA) is 51.0 Å². The number of hydrogen-bond donors (Lipinski definition) is 1. The predicted molar refractivity (Wildman–Crippen MR) is 78.3 cm³/mol. The molecule has 1 fully saturated rings. The van der Waals surface area contributed by atoms with E-state index in [1.165, 1.54) is 0 Å². The SMILES string of the molecule is CC(c1nc(Cc2c(Cl)cccc2Cl)no1)C1CNC1. The van der Waals surface area contributed by atoms with Gasteiger partial charge in [0.05, 0.1) is 0 Å². The molecule has 1 aromatic heterocycles. The summed E-state index contributed by atoms with van der Waals surface area (Å²) in [6, 6.07) is 5.44. The van der Waals surface area contributed by atoms with Crippen LogP contribution in [0, 0.1) is 5.92 Å². The van der Waals surface area contributed by atoms with E-state index in [1.807, 2.05) is 18.2 Å². The van der Waals surface area contributed by atoms with Crippen LogP contribution in [0.4, 0.5) is 0 Å². The van der Waals surface area contributed by atoms with Crippen LogP contribution in [0.5, 0.6) is 0 Å². The van der Waals surface area contributed by atoms with Crippen molar-refractivity contribution in [2.75, 3.05) is 13.1 Å². The van der Waals surface area contributed by atoms with Crippen molar-refractivity contribution >= 4 is 23.2 Å². The summed E-state index contributed by atoms with van der Waals surface area (Å²) in [6.45, 7) is 4.13. The molecule has 0 radical (unpaired) electrons. The lowest BCUT2D eigenvalue weighted by Gasteiger charge is -2.30. The lowest BCUT2D eigenvalue weighted by molar-refractivity contribution is 0.252. The molecule has 1 saturated heterocycles. The van der Waals surface area contributed by atoms with Crippen molar-refractivity contribution in [2.45, 2.75) is 19.3 Å². The number of rotatable bonds is 4. The molecule has 0 spiro atoms. The Morgan fingerprint density at radius 2 is 2.05 bits per heavy atom. The van der Waals surface area contributed by atoms with E-state index in [9.17, 15) is 0 Å². The molecule has 2 aromatic rings. The van der Waals surface area contributed by atoms with Gasteiger partial charge in [-0.2, -0.15) is 4.98 Å². The number of nitrogens with zero attached hydrogens (tertiary/aromatic N) is 2. The molecule has 4 nitrogen and oxygen atoms in total. The first-order chi connectivity index (χ1) is 9.65. The molecule has 1 unspecified atom stereocenters. The fraction of sp³-hybridized carbons (Fsp3) is 0.429. The summed E-state index contributed by atoms with van der Waals surface area (Å²) >= 11 is 12.3. The number of halogens is 2. The minimum absolute atomic E-state index is 0.277. The average molecular weight is 312 g/mol. The highest BCUT2D eigenvalue weighted by atomic mass is 35.5. The Bertz CT molecular complexity index is 590. The Kier molecular flexibility index (Phi) is 3.96. The monoisotopic (exact) mass is 311 g/mol. The number of benzene rings is 1. The third-order valence-corrected chi connectivity index (χ3v) is 4.50. The van der Waals surface area contributed by atoms with Gasteiger partial charge in [0.2, 0.25) is 5.89 Å². The number of hydrogen-bond acceptors (Lipinski definition) is 4. The van der Waals surface area contributed by atoms with Crippen molar-refractivity contribution in [3.05, 3.63) is 45.5 Å². The van der Waals surface area contributed by atoms with E-state index < -0.39 is 0 Å². The Morgan fingerprint density at radius 1 is 1.35 bits per heavy atom. The number of aromatic nitrogens is 2. The van der Waals surface area contributed by atoms with E-state index in [0.29, 0.717) is 34.1 Å². The quantitative estimate of drug-likeness (QED) is 0.941. The Balaban J connectivity index is 1.77. The normalized spacial score (nSPS) is 16.9. The molecule has 0 saturated carbocycles. The third-order valence-electron chi connectivity index (χ3n) is 3.79. The summed E-state index contributed by atoms with van der Waals surface area (Å²) in [7, 11) is 0. The van der Waals surface area contributed by atoms with E-state index >= 15 is 0 Å². The van der Waals surface area contributed by atoms with Gasteiger partial charge in [-0.15, -0.1) is 0 Å². The zero-order valence-corrected chi connectivity index (χ0v) is 12.6. The van der Waals surface area contributed by atoms with E-state index in [2.05, 4.69) is 22.4 Å². The van der Waals surface area contributed by atoms with Gasteiger partial charge in [0.15, 0.2) is 5.82 Å². The van der Waals surface area contributed by atoms with E-state index in [4.69, 9.17) is 27.7 Å². The molecule has 1 aliphatic rings. The molecule has 0 bridgehead atoms. The Hall–Kier alpha value is -1.10. The average Bonchev–Trinajstić information content (AvgIpc) is 2.80. The molecule has 1 atom stereocenters. The highest BCUT2D eigenvalue weighted by Gasteiger charge is 2.28. The first kappa shape index (κ1) is 13.9. The van der Waals surface area contributed by atoms with Crippen LogP contribution in [0.2, 0.25) is 10.0 Å². The van der Waals surface area contributed by atoms with Crippen molar-refractivity contribution in [2.24, 2.45) is 5.92 Å². The maximum atomic E-state index is 6.15. The van der Waals surface area contributed by atoms with Crippen LogP contribution in [-0.4, -0.2) is 23.2 Å². The Labute approximate surface area is 127 Å². The molecule has 6 heteroatoms. The predicted octanol–water partition coefficient (Wildman–Crippen LogP) is 3.29. The highest BCUT2D eigenvalue weighted by Crippen LogP contribution is 2.28. The first-order valence-electron chi connectivity index (χ1n) is 6.61. The van der Waals surface area contributed by atoms with Crippen LogP contribution in [0.15, 0.2) is 22.7 Å². The van der Waals surface area contributed by atoms with Gasteiger partial charge in [0, 0.05) is 22.4 Å². The largest absolute Gasteiger partial charge is 0.339 e. The van der Waals surface area contributed by atoms with Gasteiger partial charge in [-0.05, 0) is 36.7 Å². The minimum Gasteiger partial charge on any atom is -0.339 e. The summed E-state index contributed by atoms with van der Waals surface area (Å²) in [6.07, 6.45) is 0.484. The van der Waals surface area contributed by atoms with Crippen molar-refractivity contribution in [3.8, 4) is 0 Å². The fourth-order valence-electron chi connectivity index (χ4n) is 2.25. The second-order valence-electron chi connectivity index (χ2n) is 5.13. The van der Waals surface area contributed by atoms with Crippen molar-refractivity contribution in [1.29, 1.82) is 0 Å². The molecule has 0 amide bonds. The van der Waals surface area contributed by atoms with Crippen LogP contribution >= 0.6 is 23.2 Å². The van der Waals surface area contributed by atoms with Crippen LogP contribution in [0.1, 0.15) is 30.1 Å². The molecule has 106 valence electrons. The molecule has 2 heterocycles. The van der Waals surface area contributed by atoms with Gasteiger partial charge in [-0.1, -0.05) is 41.3 Å². The van der Waals surface area contributed by atoms with E-state index in [1.54, 1.807) is 0 Å². The minimum atomic E-state index is 0.277. The molecule has 3 rings (SSSR count). The van der Waals surface area contributed by atoms with Crippen LogP contribution in [-0.2, 0) is 6.42 Å². The van der Waals surface area contributed by atoms with Crippen LogP contribution in [0.25, 0.3) is 0 Å². The zero-order valence-electron chi connectivity index (χ0n) is 11.1. The second kappa shape index (κ2) is 5.72. The highest BCUT2D eigenvalue weighted by molar-refractivity contribution is 6.36. The summed E-state index contributed by atoms with van der Waals surface area (Å²) in [5.41, 5.74) is 0.834. The van der Waals surface area contributed by atoms with Gasteiger partial charge in [0.25, 0.3) is 0 Å². The van der Waals surface area contributed by atoms with E-state index in [0.717, 1.165) is 18.7 Å². The lowest BCUT2D eigenvalue weighted by atomic mass is 9.89. The first-order valence-corrected chi connectivity index (χ1v) is 7.37. The second-order valence-corrected chi connectivity index (χ2v) is 5.95. The maximum Gasteiger partial charge on any atom is 0.229 e. The zero-order chi connectivity index (χ0) is 14.1. The molecule has 0 aliphatic carbocycles. The number of nitrogens with one attached hydrogen (secondary N) is 1. The standard InChI is InChI=1S/C14H15Cl2N3O/c1-8(9-6-17-7-9)14-18-13(19-20-14)5-10-11(15)3-2-4-12(10)16/h2-4,8-9,17H,5-7H2,1H3. The Morgan fingerprint density at radius 3 is 2.65 bits per heavy atom. The molecule has 1 aromatic carbocycles.